The monoisotopic (exact) mass is 442 g/mol. The number of benzene rings is 1. The third kappa shape index (κ3) is 4.44. The third-order valence-corrected chi connectivity index (χ3v) is 6.70. The summed E-state index contributed by atoms with van der Waals surface area (Å²) >= 11 is 1.39. The molecule has 0 radical (unpaired) electrons. The van der Waals surface area contributed by atoms with Crippen molar-refractivity contribution in [1.82, 2.24) is 9.55 Å². The van der Waals surface area contributed by atoms with E-state index in [1.54, 1.807) is 20.3 Å². The van der Waals surface area contributed by atoms with E-state index >= 15 is 0 Å². The summed E-state index contributed by atoms with van der Waals surface area (Å²) in [7, 11) is 3.15. The lowest BCUT2D eigenvalue weighted by Gasteiger charge is -2.26. The fourth-order valence-corrected chi connectivity index (χ4v) is 4.91. The highest BCUT2D eigenvalue weighted by molar-refractivity contribution is 7.17. The van der Waals surface area contributed by atoms with Gasteiger partial charge in [0, 0.05) is 10.9 Å². The predicted molar refractivity (Wildman–Crippen MR) is 120 cm³/mol. The molecule has 0 bridgehead atoms. The minimum Gasteiger partial charge on any atom is -0.493 e. The Labute approximate surface area is 184 Å². The van der Waals surface area contributed by atoms with Gasteiger partial charge >= 0.3 is 5.97 Å². The van der Waals surface area contributed by atoms with Crippen LogP contribution in [0.2, 0.25) is 0 Å². The van der Waals surface area contributed by atoms with E-state index in [-0.39, 0.29) is 18.2 Å². The number of ether oxygens (including phenoxy) is 3. The number of hydrogen-bond acceptors (Lipinski definition) is 7. The van der Waals surface area contributed by atoms with E-state index in [0.717, 1.165) is 36.8 Å². The van der Waals surface area contributed by atoms with Crippen LogP contribution in [0.5, 0.6) is 11.5 Å². The van der Waals surface area contributed by atoms with Crippen molar-refractivity contribution < 1.29 is 19.0 Å². The lowest BCUT2D eigenvalue weighted by atomic mass is 9.89. The second-order valence-corrected chi connectivity index (χ2v) is 8.81. The highest BCUT2D eigenvalue weighted by atomic mass is 32.1. The number of nitrogens with zero attached hydrogens (tertiary/aromatic N) is 2. The standard InChI is InChI=1S/C23H26N2O5S/c1-14-4-7-16(8-5-14)30-20(26)11-25-13-24-22-21(23(25)27)17(12-31-22)15-6-9-18(28-2)19(10-15)29-3/h6,9-10,12-14,16H,4-5,7-8,11H2,1-3H3. The maximum atomic E-state index is 13.2. The number of rotatable bonds is 6. The number of hydrogen-bond donors (Lipinski definition) is 0. The van der Waals surface area contributed by atoms with E-state index in [9.17, 15) is 9.59 Å². The van der Waals surface area contributed by atoms with Crippen molar-refractivity contribution in [3.8, 4) is 22.6 Å². The van der Waals surface area contributed by atoms with Crippen LogP contribution in [0, 0.1) is 5.92 Å². The van der Waals surface area contributed by atoms with Crippen LogP contribution in [-0.2, 0) is 16.1 Å². The molecular formula is C23H26N2O5S. The maximum Gasteiger partial charge on any atom is 0.326 e. The van der Waals surface area contributed by atoms with Gasteiger partial charge in [-0.2, -0.15) is 0 Å². The number of esters is 1. The molecule has 31 heavy (non-hydrogen) atoms. The molecule has 164 valence electrons. The van der Waals surface area contributed by atoms with E-state index in [1.165, 1.54) is 22.2 Å². The first-order valence-electron chi connectivity index (χ1n) is 10.4. The first kappa shape index (κ1) is 21.4. The van der Waals surface area contributed by atoms with E-state index in [1.807, 2.05) is 17.5 Å². The second kappa shape index (κ2) is 9.09. The molecule has 2 heterocycles. The van der Waals surface area contributed by atoms with Crippen LogP contribution < -0.4 is 15.0 Å². The minimum atomic E-state index is -0.398. The van der Waals surface area contributed by atoms with E-state index in [4.69, 9.17) is 14.2 Å². The van der Waals surface area contributed by atoms with Gasteiger partial charge in [0.1, 0.15) is 17.5 Å². The normalized spacial score (nSPS) is 18.7. The Hall–Kier alpha value is -2.87. The fraction of sp³-hybridized carbons (Fsp3) is 0.435. The van der Waals surface area contributed by atoms with Crippen molar-refractivity contribution in [2.24, 2.45) is 5.92 Å². The van der Waals surface area contributed by atoms with Crippen molar-refractivity contribution >= 4 is 27.5 Å². The Morgan fingerprint density at radius 3 is 2.61 bits per heavy atom. The average molecular weight is 443 g/mol. The summed E-state index contributed by atoms with van der Waals surface area (Å²) in [4.78, 5) is 30.7. The number of carbonyl (C=O) groups excluding carboxylic acids is 1. The molecule has 4 rings (SSSR count). The molecule has 1 saturated carbocycles. The van der Waals surface area contributed by atoms with Crippen LogP contribution in [0.1, 0.15) is 32.6 Å². The van der Waals surface area contributed by atoms with Crippen molar-refractivity contribution in [3.05, 3.63) is 40.3 Å². The molecule has 1 aliphatic carbocycles. The van der Waals surface area contributed by atoms with Crippen LogP contribution in [0.3, 0.4) is 0 Å². The van der Waals surface area contributed by atoms with Gasteiger partial charge in [-0.05, 0) is 49.3 Å². The van der Waals surface area contributed by atoms with Gasteiger partial charge in [-0.1, -0.05) is 13.0 Å². The zero-order chi connectivity index (χ0) is 22.0. The molecule has 0 amide bonds. The Balaban J connectivity index is 1.60. The number of fused-ring (bicyclic) bond motifs is 1. The van der Waals surface area contributed by atoms with E-state index in [0.29, 0.717) is 27.6 Å². The Bertz CT molecular complexity index is 1140. The SMILES string of the molecule is COc1ccc(-c2csc3ncn(CC(=O)OC4CCC(C)CC4)c(=O)c23)cc1OC. The van der Waals surface area contributed by atoms with Crippen LogP contribution in [0.15, 0.2) is 34.7 Å². The molecule has 1 aromatic carbocycles. The number of carbonyl (C=O) groups is 1. The van der Waals surface area contributed by atoms with Gasteiger partial charge in [-0.25, -0.2) is 4.98 Å². The largest absolute Gasteiger partial charge is 0.493 e. The Kier molecular flexibility index (Phi) is 6.27. The van der Waals surface area contributed by atoms with Gasteiger partial charge in [-0.15, -0.1) is 11.3 Å². The molecule has 0 saturated heterocycles. The van der Waals surface area contributed by atoms with E-state index in [2.05, 4.69) is 11.9 Å². The molecule has 3 aromatic rings. The molecule has 1 fully saturated rings. The third-order valence-electron chi connectivity index (χ3n) is 5.82. The molecule has 8 heteroatoms. The summed E-state index contributed by atoms with van der Waals surface area (Å²) in [5, 5.41) is 2.38. The zero-order valence-electron chi connectivity index (χ0n) is 17.9. The summed E-state index contributed by atoms with van der Waals surface area (Å²) < 4.78 is 17.6. The lowest BCUT2D eigenvalue weighted by molar-refractivity contribution is -0.151. The van der Waals surface area contributed by atoms with Crippen molar-refractivity contribution in [2.75, 3.05) is 14.2 Å². The molecular weight excluding hydrogens is 416 g/mol. The van der Waals surface area contributed by atoms with Crippen LogP contribution in [0.4, 0.5) is 0 Å². The zero-order valence-corrected chi connectivity index (χ0v) is 18.7. The number of methoxy groups -OCH3 is 2. The number of thiophene rings is 1. The molecule has 0 aliphatic heterocycles. The molecule has 0 spiro atoms. The summed E-state index contributed by atoms with van der Waals surface area (Å²) in [5.41, 5.74) is 1.31. The smallest absolute Gasteiger partial charge is 0.326 e. The molecule has 7 nitrogen and oxygen atoms in total. The lowest BCUT2D eigenvalue weighted by Crippen LogP contribution is -2.29. The number of aromatic nitrogens is 2. The van der Waals surface area contributed by atoms with Crippen LogP contribution >= 0.6 is 11.3 Å². The molecule has 2 aromatic heterocycles. The van der Waals surface area contributed by atoms with Crippen LogP contribution in [-0.4, -0.2) is 35.8 Å². The van der Waals surface area contributed by atoms with Crippen molar-refractivity contribution in [3.63, 3.8) is 0 Å². The summed E-state index contributed by atoms with van der Waals surface area (Å²) in [6, 6.07) is 5.50. The molecule has 0 atom stereocenters. The summed E-state index contributed by atoms with van der Waals surface area (Å²) in [5.74, 6) is 1.47. The topological polar surface area (TPSA) is 79.7 Å². The molecule has 0 unspecified atom stereocenters. The average Bonchev–Trinajstić information content (AvgIpc) is 3.21. The quantitative estimate of drug-likeness (QED) is 0.531. The van der Waals surface area contributed by atoms with Gasteiger partial charge in [0.15, 0.2) is 11.5 Å². The minimum absolute atomic E-state index is 0.0560. The van der Waals surface area contributed by atoms with Gasteiger partial charge in [-0.3, -0.25) is 14.2 Å². The fourth-order valence-electron chi connectivity index (χ4n) is 4.01. The maximum absolute atomic E-state index is 13.2. The van der Waals surface area contributed by atoms with Crippen molar-refractivity contribution in [1.29, 1.82) is 0 Å². The van der Waals surface area contributed by atoms with Gasteiger partial charge in [0.25, 0.3) is 5.56 Å². The predicted octanol–water partition coefficient (Wildman–Crippen LogP) is 4.26. The first-order valence-corrected chi connectivity index (χ1v) is 11.3. The highest BCUT2D eigenvalue weighted by Crippen LogP contribution is 2.36. The first-order chi connectivity index (χ1) is 15.0. The second-order valence-electron chi connectivity index (χ2n) is 7.95. The molecule has 1 aliphatic rings. The van der Waals surface area contributed by atoms with Gasteiger partial charge in [0.2, 0.25) is 0 Å². The molecule has 0 N–H and O–H groups in total. The van der Waals surface area contributed by atoms with Crippen molar-refractivity contribution in [2.45, 2.75) is 45.3 Å². The highest BCUT2D eigenvalue weighted by Gasteiger charge is 2.22. The Morgan fingerprint density at radius 2 is 1.90 bits per heavy atom. The van der Waals surface area contributed by atoms with Crippen LogP contribution in [0.25, 0.3) is 21.3 Å². The van der Waals surface area contributed by atoms with Gasteiger partial charge < -0.3 is 14.2 Å². The summed E-state index contributed by atoms with van der Waals surface area (Å²) in [6.45, 7) is 2.07. The van der Waals surface area contributed by atoms with Gasteiger partial charge in [0.05, 0.1) is 25.9 Å². The summed E-state index contributed by atoms with van der Waals surface area (Å²) in [6.07, 6.45) is 5.26. The Morgan fingerprint density at radius 1 is 1.16 bits per heavy atom. The van der Waals surface area contributed by atoms with E-state index < -0.39 is 5.97 Å².